The molecule has 0 spiro atoms. The zero-order chi connectivity index (χ0) is 13.1. The van der Waals surface area contributed by atoms with E-state index in [0.717, 1.165) is 0 Å². The Morgan fingerprint density at radius 2 is 1.83 bits per heavy atom. The van der Waals surface area contributed by atoms with Gasteiger partial charge in [-0.1, -0.05) is 12.1 Å². The maximum Gasteiger partial charge on any atom is 0.146 e. The van der Waals surface area contributed by atoms with Crippen molar-refractivity contribution >= 4 is 11.4 Å². The highest BCUT2D eigenvalue weighted by Crippen LogP contribution is 2.20. The normalized spacial score (nSPS) is 10.4. The largest absolute Gasteiger partial charge is 0.399 e. The first-order valence-corrected chi connectivity index (χ1v) is 5.57. The van der Waals surface area contributed by atoms with Crippen LogP contribution in [-0.4, -0.2) is 7.05 Å². The van der Waals surface area contributed by atoms with Gasteiger partial charge in [-0.05, 0) is 35.9 Å². The second-order valence-electron chi connectivity index (χ2n) is 4.20. The number of hydrogen-bond acceptors (Lipinski definition) is 2. The van der Waals surface area contributed by atoms with Crippen molar-refractivity contribution in [3.63, 3.8) is 0 Å². The summed E-state index contributed by atoms with van der Waals surface area (Å²) < 4.78 is 26.7. The average molecular weight is 248 g/mol. The fourth-order valence-corrected chi connectivity index (χ4v) is 1.89. The lowest BCUT2D eigenvalue weighted by Crippen LogP contribution is -2.17. The third kappa shape index (κ3) is 2.77. The van der Waals surface area contributed by atoms with Crippen molar-refractivity contribution in [1.82, 2.24) is 0 Å². The molecule has 18 heavy (non-hydrogen) atoms. The van der Waals surface area contributed by atoms with Crippen LogP contribution in [0.1, 0.15) is 5.56 Å². The lowest BCUT2D eigenvalue weighted by molar-refractivity contribution is 0.619. The molecule has 0 heterocycles. The van der Waals surface area contributed by atoms with E-state index in [1.165, 1.54) is 18.2 Å². The Morgan fingerprint density at radius 3 is 2.50 bits per heavy atom. The summed E-state index contributed by atoms with van der Waals surface area (Å²) in [6.45, 7) is 0.392. The minimum absolute atomic E-state index is 0.302. The third-order valence-corrected chi connectivity index (χ3v) is 2.66. The minimum atomic E-state index is -0.382. The second kappa shape index (κ2) is 5.04. The Labute approximate surface area is 105 Å². The van der Waals surface area contributed by atoms with Crippen molar-refractivity contribution in [2.45, 2.75) is 6.54 Å². The van der Waals surface area contributed by atoms with E-state index >= 15 is 0 Å². The highest BCUT2D eigenvalue weighted by Gasteiger charge is 2.08. The van der Waals surface area contributed by atoms with Gasteiger partial charge in [-0.25, -0.2) is 8.78 Å². The number of nitrogen functional groups attached to an aromatic ring is 1. The molecule has 2 nitrogen and oxygen atoms in total. The van der Waals surface area contributed by atoms with Gasteiger partial charge >= 0.3 is 0 Å². The van der Waals surface area contributed by atoms with Gasteiger partial charge in [-0.15, -0.1) is 0 Å². The Hall–Kier alpha value is -2.10. The molecule has 0 amide bonds. The van der Waals surface area contributed by atoms with E-state index in [2.05, 4.69) is 0 Å². The van der Waals surface area contributed by atoms with Gasteiger partial charge in [0.25, 0.3) is 0 Å². The number of anilines is 2. The SMILES string of the molecule is CN(Cc1cc(N)cc(F)c1)c1ccccc1F. The molecule has 0 radical (unpaired) electrons. The van der Waals surface area contributed by atoms with Gasteiger partial charge in [0, 0.05) is 19.3 Å². The van der Waals surface area contributed by atoms with Gasteiger partial charge < -0.3 is 10.6 Å². The lowest BCUT2D eigenvalue weighted by atomic mass is 10.1. The molecule has 0 unspecified atom stereocenters. The molecule has 2 N–H and O–H groups in total. The molecule has 0 atom stereocenters. The van der Waals surface area contributed by atoms with Crippen LogP contribution in [0.3, 0.4) is 0 Å². The fourth-order valence-electron chi connectivity index (χ4n) is 1.89. The topological polar surface area (TPSA) is 29.3 Å². The van der Waals surface area contributed by atoms with Gasteiger partial charge in [0.2, 0.25) is 0 Å². The van der Waals surface area contributed by atoms with Gasteiger partial charge in [0.1, 0.15) is 11.6 Å². The molecule has 0 aromatic heterocycles. The predicted octanol–water partition coefficient (Wildman–Crippen LogP) is 3.18. The molecular weight excluding hydrogens is 234 g/mol. The van der Waals surface area contributed by atoms with Crippen LogP contribution in [0, 0.1) is 11.6 Å². The minimum Gasteiger partial charge on any atom is -0.399 e. The van der Waals surface area contributed by atoms with E-state index in [9.17, 15) is 8.78 Å². The molecule has 0 fully saturated rings. The number of para-hydroxylation sites is 1. The molecule has 0 aliphatic heterocycles. The number of rotatable bonds is 3. The van der Waals surface area contributed by atoms with E-state index in [1.807, 2.05) is 0 Å². The standard InChI is InChI=1S/C14H14F2N2/c1-18(14-5-3-2-4-13(14)16)9-10-6-11(15)8-12(17)7-10/h2-8H,9,17H2,1H3. The van der Waals surface area contributed by atoms with Crippen LogP contribution in [-0.2, 0) is 6.54 Å². The summed E-state index contributed by atoms with van der Waals surface area (Å²) in [6, 6.07) is 10.8. The number of hydrogen-bond donors (Lipinski definition) is 1. The average Bonchev–Trinajstić information content (AvgIpc) is 2.27. The Bertz CT molecular complexity index is 535. The molecule has 2 aromatic rings. The first-order valence-electron chi connectivity index (χ1n) is 5.57. The van der Waals surface area contributed by atoms with Gasteiger partial charge in [0.05, 0.1) is 5.69 Å². The number of benzene rings is 2. The van der Waals surface area contributed by atoms with Crippen molar-refractivity contribution in [3.8, 4) is 0 Å². The fraction of sp³-hybridized carbons (Fsp3) is 0.143. The first-order chi connectivity index (χ1) is 8.56. The molecule has 94 valence electrons. The quantitative estimate of drug-likeness (QED) is 0.845. The Kier molecular flexibility index (Phi) is 3.46. The van der Waals surface area contributed by atoms with Crippen molar-refractivity contribution in [1.29, 1.82) is 0 Å². The zero-order valence-electron chi connectivity index (χ0n) is 10.0. The summed E-state index contributed by atoms with van der Waals surface area (Å²) in [6.07, 6.45) is 0. The van der Waals surface area contributed by atoms with E-state index in [-0.39, 0.29) is 11.6 Å². The molecule has 0 saturated heterocycles. The molecule has 0 aliphatic rings. The van der Waals surface area contributed by atoms with Crippen LogP contribution >= 0.6 is 0 Å². The lowest BCUT2D eigenvalue weighted by Gasteiger charge is -2.20. The number of nitrogens with zero attached hydrogens (tertiary/aromatic N) is 1. The van der Waals surface area contributed by atoms with E-state index < -0.39 is 0 Å². The molecular formula is C14H14F2N2. The maximum atomic E-state index is 13.6. The van der Waals surface area contributed by atoms with Crippen LogP contribution in [0.15, 0.2) is 42.5 Å². The second-order valence-corrected chi connectivity index (χ2v) is 4.20. The zero-order valence-corrected chi connectivity index (χ0v) is 10.0. The first kappa shape index (κ1) is 12.4. The molecule has 0 saturated carbocycles. The molecule has 0 aliphatic carbocycles. The molecule has 2 rings (SSSR count). The molecule has 2 aromatic carbocycles. The third-order valence-electron chi connectivity index (χ3n) is 2.66. The van der Waals surface area contributed by atoms with Crippen molar-refractivity contribution in [2.24, 2.45) is 0 Å². The predicted molar refractivity (Wildman–Crippen MR) is 69.3 cm³/mol. The molecule has 0 bridgehead atoms. The van der Waals surface area contributed by atoms with Crippen LogP contribution < -0.4 is 10.6 Å². The molecule has 4 heteroatoms. The van der Waals surface area contributed by atoms with Gasteiger partial charge in [0.15, 0.2) is 0 Å². The smallest absolute Gasteiger partial charge is 0.146 e. The number of nitrogens with two attached hydrogens (primary N) is 1. The highest BCUT2D eigenvalue weighted by molar-refractivity contribution is 5.49. The van der Waals surface area contributed by atoms with Crippen molar-refractivity contribution < 1.29 is 8.78 Å². The van der Waals surface area contributed by atoms with Gasteiger partial charge in [-0.2, -0.15) is 0 Å². The summed E-state index contributed by atoms with van der Waals surface area (Å²) in [5.74, 6) is -0.684. The summed E-state index contributed by atoms with van der Waals surface area (Å²) in [5.41, 5.74) is 7.12. The Morgan fingerprint density at radius 1 is 1.11 bits per heavy atom. The van der Waals surface area contributed by atoms with E-state index in [4.69, 9.17) is 5.73 Å². The summed E-state index contributed by atoms with van der Waals surface area (Å²) in [7, 11) is 1.75. The monoisotopic (exact) mass is 248 g/mol. The van der Waals surface area contributed by atoms with E-state index in [0.29, 0.717) is 23.5 Å². The van der Waals surface area contributed by atoms with Crippen molar-refractivity contribution in [2.75, 3.05) is 17.7 Å². The van der Waals surface area contributed by atoms with Crippen LogP contribution in [0.2, 0.25) is 0 Å². The van der Waals surface area contributed by atoms with Crippen molar-refractivity contribution in [3.05, 3.63) is 59.7 Å². The van der Waals surface area contributed by atoms with Crippen LogP contribution in [0.25, 0.3) is 0 Å². The van der Waals surface area contributed by atoms with Crippen LogP contribution in [0.4, 0.5) is 20.2 Å². The number of halogens is 2. The summed E-state index contributed by atoms with van der Waals surface area (Å²) >= 11 is 0. The maximum absolute atomic E-state index is 13.6. The van der Waals surface area contributed by atoms with E-state index in [1.54, 1.807) is 36.2 Å². The van der Waals surface area contributed by atoms with Gasteiger partial charge in [-0.3, -0.25) is 0 Å². The summed E-state index contributed by atoms with van der Waals surface area (Å²) in [4.78, 5) is 1.71. The van der Waals surface area contributed by atoms with Crippen LogP contribution in [0.5, 0.6) is 0 Å². The summed E-state index contributed by atoms with van der Waals surface area (Å²) in [5, 5.41) is 0. The Balaban J connectivity index is 2.21. The highest BCUT2D eigenvalue weighted by atomic mass is 19.1.